The van der Waals surface area contributed by atoms with Gasteiger partial charge in [-0.1, -0.05) is 12.1 Å². The summed E-state index contributed by atoms with van der Waals surface area (Å²) < 4.78 is 5.53. The van der Waals surface area contributed by atoms with E-state index >= 15 is 0 Å². The normalized spacial score (nSPS) is 24.3. The average molecular weight is 358 g/mol. The Bertz CT molecular complexity index is 644. The summed E-state index contributed by atoms with van der Waals surface area (Å²) in [6.45, 7) is 5.02. The standard InChI is InChI=1S/C20H30N4O2/c1-21(2)17-7-10-22(15-17)20(25)24-12-11-23(16-8-13-26-14-9-16)18-5-3-4-6-19(18)24/h3-6,16-17H,7-15H2,1-2H3/t17-/m0/s1. The Morgan fingerprint density at radius 1 is 1.04 bits per heavy atom. The molecule has 4 rings (SSSR count). The number of hydrogen-bond donors (Lipinski definition) is 0. The number of urea groups is 1. The van der Waals surface area contributed by atoms with Crippen molar-refractivity contribution in [2.45, 2.75) is 31.3 Å². The van der Waals surface area contributed by atoms with Gasteiger partial charge in [-0.2, -0.15) is 0 Å². The van der Waals surface area contributed by atoms with Gasteiger partial charge >= 0.3 is 6.03 Å². The van der Waals surface area contributed by atoms with E-state index in [9.17, 15) is 4.79 Å². The van der Waals surface area contributed by atoms with Crippen molar-refractivity contribution in [1.29, 1.82) is 0 Å². The van der Waals surface area contributed by atoms with Crippen LogP contribution in [0.2, 0.25) is 0 Å². The van der Waals surface area contributed by atoms with Crippen LogP contribution in [0.3, 0.4) is 0 Å². The van der Waals surface area contributed by atoms with Crippen LogP contribution in [0.1, 0.15) is 19.3 Å². The van der Waals surface area contributed by atoms with E-state index in [0.717, 1.165) is 64.3 Å². The molecule has 0 aliphatic carbocycles. The molecule has 0 unspecified atom stereocenters. The van der Waals surface area contributed by atoms with Crippen molar-refractivity contribution in [2.75, 3.05) is 63.3 Å². The van der Waals surface area contributed by atoms with Crippen LogP contribution in [0.15, 0.2) is 24.3 Å². The van der Waals surface area contributed by atoms with Gasteiger partial charge in [-0.3, -0.25) is 4.90 Å². The number of likely N-dealkylation sites (tertiary alicyclic amines) is 1. The first-order valence-corrected chi connectivity index (χ1v) is 9.81. The number of carbonyl (C=O) groups is 1. The van der Waals surface area contributed by atoms with Crippen molar-refractivity contribution in [2.24, 2.45) is 0 Å². The molecule has 2 fully saturated rings. The van der Waals surface area contributed by atoms with Gasteiger partial charge in [-0.15, -0.1) is 0 Å². The zero-order valence-corrected chi connectivity index (χ0v) is 15.9. The zero-order valence-electron chi connectivity index (χ0n) is 15.9. The van der Waals surface area contributed by atoms with Crippen molar-refractivity contribution in [1.82, 2.24) is 9.80 Å². The molecular formula is C20H30N4O2. The number of benzene rings is 1. The van der Waals surface area contributed by atoms with Gasteiger partial charge in [0, 0.05) is 51.5 Å². The third-order valence-electron chi connectivity index (χ3n) is 6.07. The third kappa shape index (κ3) is 3.28. The van der Waals surface area contributed by atoms with Crippen molar-refractivity contribution < 1.29 is 9.53 Å². The highest BCUT2D eigenvalue weighted by atomic mass is 16.5. The highest BCUT2D eigenvalue weighted by Crippen LogP contribution is 2.36. The molecule has 0 aromatic heterocycles. The molecule has 3 heterocycles. The molecule has 6 heteroatoms. The fourth-order valence-corrected chi connectivity index (χ4v) is 4.47. The fourth-order valence-electron chi connectivity index (χ4n) is 4.47. The van der Waals surface area contributed by atoms with Gasteiger partial charge < -0.3 is 19.4 Å². The number of carbonyl (C=O) groups excluding carboxylic acids is 1. The molecule has 0 bridgehead atoms. The average Bonchev–Trinajstić information content (AvgIpc) is 3.18. The summed E-state index contributed by atoms with van der Waals surface area (Å²) in [6.07, 6.45) is 3.19. The van der Waals surface area contributed by atoms with Gasteiger partial charge in [0.2, 0.25) is 0 Å². The van der Waals surface area contributed by atoms with Crippen LogP contribution < -0.4 is 9.80 Å². The highest BCUT2D eigenvalue weighted by Gasteiger charge is 2.35. The summed E-state index contributed by atoms with van der Waals surface area (Å²) in [6, 6.07) is 9.53. The lowest BCUT2D eigenvalue weighted by atomic mass is 10.0. The van der Waals surface area contributed by atoms with Gasteiger partial charge in [0.25, 0.3) is 0 Å². The Labute approximate surface area is 156 Å². The Balaban J connectivity index is 1.53. The first kappa shape index (κ1) is 17.6. The predicted molar refractivity (Wildman–Crippen MR) is 104 cm³/mol. The molecule has 0 N–H and O–H groups in total. The van der Waals surface area contributed by atoms with Crippen molar-refractivity contribution in [3.8, 4) is 0 Å². The minimum atomic E-state index is 0.161. The molecular weight excluding hydrogens is 328 g/mol. The molecule has 0 spiro atoms. The van der Waals surface area contributed by atoms with Crippen LogP contribution in [0.4, 0.5) is 16.2 Å². The third-order valence-corrected chi connectivity index (χ3v) is 6.07. The molecule has 6 nitrogen and oxygen atoms in total. The van der Waals surface area contributed by atoms with Gasteiger partial charge in [-0.25, -0.2) is 4.79 Å². The van der Waals surface area contributed by atoms with Crippen LogP contribution in [0.25, 0.3) is 0 Å². The maximum absolute atomic E-state index is 13.2. The van der Waals surface area contributed by atoms with Gasteiger partial charge in [0.1, 0.15) is 0 Å². The van der Waals surface area contributed by atoms with E-state index in [1.807, 2.05) is 15.9 Å². The van der Waals surface area contributed by atoms with Crippen LogP contribution in [0.5, 0.6) is 0 Å². The molecule has 0 saturated carbocycles. The van der Waals surface area contributed by atoms with E-state index in [1.54, 1.807) is 0 Å². The second-order valence-corrected chi connectivity index (χ2v) is 7.81. The second-order valence-electron chi connectivity index (χ2n) is 7.81. The molecule has 1 atom stereocenters. The number of fused-ring (bicyclic) bond motifs is 1. The maximum Gasteiger partial charge on any atom is 0.324 e. The Kier molecular flexibility index (Phi) is 5.05. The summed E-state index contributed by atoms with van der Waals surface area (Å²) in [5, 5.41) is 0. The molecule has 2 saturated heterocycles. The highest BCUT2D eigenvalue weighted by molar-refractivity contribution is 5.97. The summed E-state index contributed by atoms with van der Waals surface area (Å²) in [5.41, 5.74) is 2.26. The monoisotopic (exact) mass is 358 g/mol. The van der Waals surface area contributed by atoms with Crippen LogP contribution >= 0.6 is 0 Å². The quantitative estimate of drug-likeness (QED) is 0.813. The van der Waals surface area contributed by atoms with E-state index in [0.29, 0.717) is 12.1 Å². The number of anilines is 2. The number of hydrogen-bond acceptors (Lipinski definition) is 4. The molecule has 1 aromatic rings. The number of amides is 2. The van der Waals surface area contributed by atoms with Crippen molar-refractivity contribution in [3.05, 3.63) is 24.3 Å². The number of rotatable bonds is 2. The zero-order chi connectivity index (χ0) is 18.1. The smallest absolute Gasteiger partial charge is 0.324 e. The second kappa shape index (κ2) is 7.45. The minimum Gasteiger partial charge on any atom is -0.381 e. The van der Waals surface area contributed by atoms with Crippen LogP contribution in [-0.4, -0.2) is 81.4 Å². The van der Waals surface area contributed by atoms with E-state index in [2.05, 4.69) is 42.1 Å². The van der Waals surface area contributed by atoms with E-state index < -0.39 is 0 Å². The first-order chi connectivity index (χ1) is 12.6. The molecule has 26 heavy (non-hydrogen) atoms. The molecule has 3 aliphatic rings. The number of likely N-dealkylation sites (N-methyl/N-ethyl adjacent to an activating group) is 1. The van der Waals surface area contributed by atoms with Crippen molar-refractivity contribution in [3.63, 3.8) is 0 Å². The van der Waals surface area contributed by atoms with E-state index in [-0.39, 0.29) is 6.03 Å². The van der Waals surface area contributed by atoms with Crippen molar-refractivity contribution >= 4 is 17.4 Å². The molecule has 142 valence electrons. The molecule has 0 radical (unpaired) electrons. The van der Waals surface area contributed by atoms with Gasteiger partial charge in [-0.05, 0) is 45.5 Å². The summed E-state index contributed by atoms with van der Waals surface area (Å²) >= 11 is 0. The maximum atomic E-state index is 13.2. The Morgan fingerprint density at radius 2 is 1.77 bits per heavy atom. The largest absolute Gasteiger partial charge is 0.381 e. The molecule has 1 aromatic carbocycles. The summed E-state index contributed by atoms with van der Waals surface area (Å²) in [7, 11) is 4.20. The minimum absolute atomic E-state index is 0.161. The molecule has 2 amide bonds. The van der Waals surface area contributed by atoms with Crippen LogP contribution in [0, 0.1) is 0 Å². The predicted octanol–water partition coefficient (Wildman–Crippen LogP) is 2.25. The lowest BCUT2D eigenvalue weighted by Crippen LogP contribution is -2.52. The first-order valence-electron chi connectivity index (χ1n) is 9.81. The van der Waals surface area contributed by atoms with Crippen LogP contribution in [-0.2, 0) is 4.74 Å². The fraction of sp³-hybridized carbons (Fsp3) is 0.650. The number of nitrogens with zero attached hydrogens (tertiary/aromatic N) is 4. The molecule has 3 aliphatic heterocycles. The lowest BCUT2D eigenvalue weighted by Gasteiger charge is -2.43. The Morgan fingerprint density at radius 3 is 2.46 bits per heavy atom. The summed E-state index contributed by atoms with van der Waals surface area (Å²) in [5.74, 6) is 0. The van der Waals surface area contributed by atoms with Gasteiger partial charge in [0.15, 0.2) is 0 Å². The van der Waals surface area contributed by atoms with Gasteiger partial charge in [0.05, 0.1) is 11.4 Å². The Hall–Kier alpha value is -1.79. The SMILES string of the molecule is CN(C)[C@H]1CCN(C(=O)N2CCN(C3CCOCC3)c3ccccc32)C1. The van der Waals surface area contributed by atoms with E-state index in [4.69, 9.17) is 4.74 Å². The number of para-hydroxylation sites is 2. The number of ether oxygens (including phenoxy) is 1. The topological polar surface area (TPSA) is 39.3 Å². The summed E-state index contributed by atoms with van der Waals surface area (Å²) in [4.78, 5) is 21.9. The van der Waals surface area contributed by atoms with E-state index in [1.165, 1.54) is 5.69 Å². The lowest BCUT2D eigenvalue weighted by molar-refractivity contribution is 0.0843.